The predicted octanol–water partition coefficient (Wildman–Crippen LogP) is 1.05. The Morgan fingerprint density at radius 1 is 1.30 bits per heavy atom. The Balaban J connectivity index is 1.77. The zero-order chi connectivity index (χ0) is 16.7. The number of fused-ring (bicyclic) bond motifs is 2. The van der Waals surface area contributed by atoms with Crippen LogP contribution in [0.5, 0.6) is 0 Å². The van der Waals surface area contributed by atoms with Crippen LogP contribution in [0.3, 0.4) is 0 Å². The van der Waals surface area contributed by atoms with Gasteiger partial charge in [0.1, 0.15) is 4.88 Å². The molecule has 3 heterocycles. The molecule has 2 aliphatic rings. The van der Waals surface area contributed by atoms with E-state index in [2.05, 4.69) is 15.0 Å². The van der Waals surface area contributed by atoms with E-state index in [1.54, 1.807) is 6.92 Å². The Morgan fingerprint density at radius 2 is 1.96 bits per heavy atom. The van der Waals surface area contributed by atoms with Crippen LogP contribution in [0.4, 0.5) is 5.13 Å². The van der Waals surface area contributed by atoms with Gasteiger partial charge in [0.2, 0.25) is 5.91 Å². The van der Waals surface area contributed by atoms with E-state index < -0.39 is 35.8 Å². The summed E-state index contributed by atoms with van der Waals surface area (Å²) in [6.07, 6.45) is 0.560. The lowest BCUT2D eigenvalue weighted by Crippen LogP contribution is -2.40. The molecule has 1 amide bonds. The van der Waals surface area contributed by atoms with Crippen molar-refractivity contribution in [1.82, 2.24) is 4.98 Å². The molecule has 9 heteroatoms. The smallest absolute Gasteiger partial charge is 0.350 e. The Kier molecular flexibility index (Phi) is 4.07. The molecule has 2 bridgehead atoms. The van der Waals surface area contributed by atoms with Crippen LogP contribution < -0.4 is 5.32 Å². The molecule has 0 saturated carbocycles. The zero-order valence-corrected chi connectivity index (χ0v) is 13.4. The molecule has 3 rings (SSSR count). The molecule has 0 spiro atoms. The van der Waals surface area contributed by atoms with Crippen LogP contribution in [0.1, 0.15) is 28.2 Å². The van der Waals surface area contributed by atoms with Crippen LogP contribution in [0.2, 0.25) is 0 Å². The van der Waals surface area contributed by atoms with Crippen LogP contribution >= 0.6 is 11.3 Å². The highest BCUT2D eigenvalue weighted by Crippen LogP contribution is 2.44. The Morgan fingerprint density at radius 3 is 2.57 bits per heavy atom. The van der Waals surface area contributed by atoms with E-state index in [4.69, 9.17) is 4.74 Å². The maximum Gasteiger partial charge on any atom is 0.350 e. The quantitative estimate of drug-likeness (QED) is 0.787. The van der Waals surface area contributed by atoms with Crippen molar-refractivity contribution in [2.24, 2.45) is 11.8 Å². The van der Waals surface area contributed by atoms with Gasteiger partial charge in [0.05, 0.1) is 36.8 Å². The first-order valence-corrected chi connectivity index (χ1v) is 7.99. The number of aromatic nitrogens is 1. The lowest BCUT2D eigenvalue weighted by atomic mass is 9.79. The Hall–Kier alpha value is -2.00. The van der Waals surface area contributed by atoms with Crippen molar-refractivity contribution in [2.75, 3.05) is 12.4 Å². The number of nitrogens with one attached hydrogen (secondary N) is 1. The number of anilines is 1. The van der Waals surface area contributed by atoms with Crippen molar-refractivity contribution in [3.63, 3.8) is 0 Å². The number of hydrogen-bond donors (Lipinski definition) is 2. The topological polar surface area (TPSA) is 115 Å². The first-order chi connectivity index (χ1) is 10.9. The second-order valence-electron chi connectivity index (χ2n) is 5.59. The van der Waals surface area contributed by atoms with Crippen LogP contribution in [0.25, 0.3) is 0 Å². The molecule has 0 aromatic carbocycles. The van der Waals surface area contributed by atoms with Gasteiger partial charge in [-0.3, -0.25) is 9.59 Å². The second kappa shape index (κ2) is 5.89. The molecule has 124 valence electrons. The summed E-state index contributed by atoms with van der Waals surface area (Å²) in [5.41, 5.74) is 0.455. The third-order valence-corrected chi connectivity index (χ3v) is 5.31. The highest BCUT2D eigenvalue weighted by molar-refractivity contribution is 7.17. The molecule has 23 heavy (non-hydrogen) atoms. The number of carbonyl (C=O) groups is 3. The largest absolute Gasteiger partial charge is 0.481 e. The normalized spacial score (nSPS) is 28.6. The zero-order valence-electron chi connectivity index (χ0n) is 12.6. The highest BCUT2D eigenvalue weighted by atomic mass is 32.1. The van der Waals surface area contributed by atoms with Crippen LogP contribution in [0, 0.1) is 18.8 Å². The number of ether oxygens (including phenoxy) is 2. The van der Waals surface area contributed by atoms with Gasteiger partial charge in [0, 0.05) is 0 Å². The molecule has 2 fully saturated rings. The fourth-order valence-corrected chi connectivity index (χ4v) is 4.13. The summed E-state index contributed by atoms with van der Waals surface area (Å²) < 4.78 is 10.2. The molecule has 0 unspecified atom stereocenters. The minimum atomic E-state index is -1.03. The first-order valence-electron chi connectivity index (χ1n) is 7.17. The number of carboxylic acid groups (broad SMARTS) is 1. The number of esters is 1. The van der Waals surface area contributed by atoms with Gasteiger partial charge in [0.15, 0.2) is 5.13 Å². The summed E-state index contributed by atoms with van der Waals surface area (Å²) in [6.45, 7) is 1.64. The molecule has 1 aromatic heterocycles. The number of carbonyl (C=O) groups excluding carboxylic acids is 2. The molecule has 0 radical (unpaired) electrons. The molecule has 2 N–H and O–H groups in total. The minimum Gasteiger partial charge on any atom is -0.481 e. The SMILES string of the molecule is COC(=O)c1sc(NC(=O)[C@@H]2[C@@H](C(=O)O)[C@@H]3CC[C@H]2O3)nc1C. The molecule has 2 saturated heterocycles. The van der Waals surface area contributed by atoms with Crippen molar-refractivity contribution in [3.05, 3.63) is 10.6 Å². The van der Waals surface area contributed by atoms with Gasteiger partial charge in [-0.05, 0) is 19.8 Å². The average molecular weight is 340 g/mol. The van der Waals surface area contributed by atoms with Gasteiger partial charge in [-0.1, -0.05) is 11.3 Å². The van der Waals surface area contributed by atoms with Crippen molar-refractivity contribution in [3.8, 4) is 0 Å². The van der Waals surface area contributed by atoms with E-state index in [0.29, 0.717) is 23.4 Å². The van der Waals surface area contributed by atoms with Crippen molar-refractivity contribution >= 4 is 34.3 Å². The van der Waals surface area contributed by atoms with Gasteiger partial charge in [-0.25, -0.2) is 9.78 Å². The van der Waals surface area contributed by atoms with Crippen molar-refractivity contribution < 1.29 is 29.0 Å². The highest BCUT2D eigenvalue weighted by Gasteiger charge is 2.55. The maximum atomic E-state index is 12.5. The van der Waals surface area contributed by atoms with E-state index in [-0.39, 0.29) is 11.2 Å². The van der Waals surface area contributed by atoms with E-state index in [1.807, 2.05) is 0 Å². The number of carboxylic acids is 1. The summed E-state index contributed by atoms with van der Waals surface area (Å²) >= 11 is 1.00. The molecule has 8 nitrogen and oxygen atoms in total. The molecular weight excluding hydrogens is 324 g/mol. The third kappa shape index (κ3) is 2.70. The monoisotopic (exact) mass is 340 g/mol. The number of hydrogen-bond acceptors (Lipinski definition) is 7. The van der Waals surface area contributed by atoms with Crippen LogP contribution in [-0.2, 0) is 19.1 Å². The number of methoxy groups -OCH3 is 1. The van der Waals surface area contributed by atoms with E-state index in [9.17, 15) is 19.5 Å². The first kappa shape index (κ1) is 15.9. The number of nitrogens with zero attached hydrogens (tertiary/aromatic N) is 1. The Labute approximate surface area is 135 Å². The van der Waals surface area contributed by atoms with Crippen LogP contribution in [-0.4, -0.2) is 47.3 Å². The fourth-order valence-electron chi connectivity index (χ4n) is 3.25. The number of thiazole rings is 1. The van der Waals surface area contributed by atoms with Crippen molar-refractivity contribution in [2.45, 2.75) is 32.0 Å². The lowest BCUT2D eigenvalue weighted by molar-refractivity contribution is -0.147. The van der Waals surface area contributed by atoms with Gasteiger partial charge in [-0.15, -0.1) is 0 Å². The number of amides is 1. The summed E-state index contributed by atoms with van der Waals surface area (Å²) in [4.78, 5) is 39.9. The minimum absolute atomic E-state index is 0.250. The number of aliphatic carboxylic acids is 1. The number of aryl methyl sites for hydroxylation is 1. The van der Waals surface area contributed by atoms with Gasteiger partial charge >= 0.3 is 11.9 Å². The third-order valence-electron chi connectivity index (χ3n) is 4.26. The average Bonchev–Trinajstić information content (AvgIpc) is 3.19. The van der Waals surface area contributed by atoms with Crippen molar-refractivity contribution in [1.29, 1.82) is 0 Å². The van der Waals surface area contributed by atoms with Gasteiger partial charge in [-0.2, -0.15) is 0 Å². The molecule has 1 aromatic rings. The molecule has 2 aliphatic heterocycles. The molecule has 4 atom stereocenters. The second-order valence-corrected chi connectivity index (χ2v) is 6.59. The lowest BCUT2D eigenvalue weighted by Gasteiger charge is -2.23. The molecular formula is C14H16N2O6S. The van der Waals surface area contributed by atoms with Gasteiger partial charge < -0.3 is 19.9 Å². The van der Waals surface area contributed by atoms with E-state index >= 15 is 0 Å². The molecule has 0 aliphatic carbocycles. The summed E-state index contributed by atoms with van der Waals surface area (Å²) in [5, 5.41) is 12.2. The van der Waals surface area contributed by atoms with E-state index in [1.165, 1.54) is 7.11 Å². The summed E-state index contributed by atoms with van der Waals surface area (Å²) in [7, 11) is 1.27. The van der Waals surface area contributed by atoms with E-state index in [0.717, 1.165) is 11.3 Å². The fraction of sp³-hybridized carbons (Fsp3) is 0.571. The number of rotatable bonds is 4. The maximum absolute atomic E-state index is 12.5. The summed E-state index contributed by atoms with van der Waals surface area (Å²) in [6, 6.07) is 0. The Bertz CT molecular complexity index is 672. The van der Waals surface area contributed by atoms with Crippen LogP contribution in [0.15, 0.2) is 0 Å². The summed E-state index contributed by atoms with van der Waals surface area (Å²) in [5.74, 6) is -3.56. The van der Waals surface area contributed by atoms with Gasteiger partial charge in [0.25, 0.3) is 0 Å². The predicted molar refractivity (Wildman–Crippen MR) is 79.3 cm³/mol. The standard InChI is InChI=1S/C14H16N2O6S/c1-5-10(13(20)21-2)23-14(15-5)16-11(17)8-6-3-4-7(22-6)9(8)12(18)19/h6-9H,3-4H2,1-2H3,(H,18,19)(H,15,16,17)/t6-,7+,8+,9+/m1/s1.